The minimum Gasteiger partial charge on any atom is -0.228 e. The molecule has 0 unspecified atom stereocenters. The van der Waals surface area contributed by atoms with Gasteiger partial charge < -0.3 is 0 Å². The minimum absolute atomic E-state index is 0.0850. The summed E-state index contributed by atoms with van der Waals surface area (Å²) < 4.78 is 51.0. The van der Waals surface area contributed by atoms with Crippen molar-refractivity contribution < 1.29 is 16.8 Å². The Kier molecular flexibility index (Phi) is 4.44. The Bertz CT molecular complexity index is 908. The molecule has 0 saturated carbocycles. The molecule has 1 aromatic carbocycles. The Hall–Kier alpha value is -1.29. The Morgan fingerprint density at radius 1 is 0.909 bits per heavy atom. The first-order valence-electron chi connectivity index (χ1n) is 6.32. The first kappa shape index (κ1) is 17.1. The third-order valence-corrected chi connectivity index (χ3v) is 7.37. The van der Waals surface area contributed by atoms with E-state index in [0.717, 1.165) is 11.1 Å². The van der Waals surface area contributed by atoms with Crippen LogP contribution in [0.15, 0.2) is 28.1 Å². The molecule has 0 atom stereocenters. The van der Waals surface area contributed by atoms with Crippen LogP contribution >= 0.6 is 11.3 Å². The van der Waals surface area contributed by atoms with Crippen LogP contribution in [0.4, 0.5) is 0 Å². The summed E-state index contributed by atoms with van der Waals surface area (Å²) in [4.78, 5) is 4.26. The molecule has 120 valence electrons. The fourth-order valence-corrected chi connectivity index (χ4v) is 6.48. The number of benzene rings is 1. The molecule has 0 aliphatic rings. The molecular formula is C13H16N2O4S3. The topological polar surface area (TPSA) is 93.2 Å². The second-order valence-electron chi connectivity index (χ2n) is 5.01. The number of hydrogen-bond donors (Lipinski definition) is 1. The van der Waals surface area contributed by atoms with Crippen molar-refractivity contribution in [2.75, 3.05) is 0 Å². The lowest BCUT2D eigenvalue weighted by molar-refractivity contribution is 0.574. The molecule has 1 heterocycles. The van der Waals surface area contributed by atoms with Gasteiger partial charge in [0.25, 0.3) is 20.0 Å². The van der Waals surface area contributed by atoms with E-state index in [9.17, 15) is 16.8 Å². The number of hydrogen-bond acceptors (Lipinski definition) is 6. The van der Waals surface area contributed by atoms with Gasteiger partial charge in [-0.1, -0.05) is 10.2 Å². The van der Waals surface area contributed by atoms with Crippen LogP contribution in [0.5, 0.6) is 0 Å². The van der Waals surface area contributed by atoms with Gasteiger partial charge in [-0.25, -0.2) is 21.8 Å². The molecule has 1 N–H and O–H groups in total. The van der Waals surface area contributed by atoms with Crippen LogP contribution in [-0.2, 0) is 20.0 Å². The predicted molar refractivity (Wildman–Crippen MR) is 85.0 cm³/mol. The van der Waals surface area contributed by atoms with E-state index in [1.165, 1.54) is 23.5 Å². The summed E-state index contributed by atoms with van der Waals surface area (Å²) in [6.07, 6.45) is 0. The number of nitrogens with zero attached hydrogens (tertiary/aromatic N) is 1. The standard InChI is InChI=1S/C13H16N2O4S3/c1-8-5-9(2)7-12(6-8)21(16,17)15-22(18,19)13-10(3)20-11(4)14-13/h5-7,15H,1-4H3. The first-order chi connectivity index (χ1) is 10.0. The normalized spacial score (nSPS) is 12.5. The van der Waals surface area contributed by atoms with Gasteiger partial charge in [-0.05, 0) is 51.0 Å². The molecule has 9 heteroatoms. The van der Waals surface area contributed by atoms with Crippen LogP contribution in [0.2, 0.25) is 0 Å². The zero-order valence-corrected chi connectivity index (χ0v) is 15.0. The zero-order valence-electron chi connectivity index (χ0n) is 12.5. The molecule has 0 saturated heterocycles. The SMILES string of the molecule is Cc1cc(C)cc(S(=O)(=O)NS(=O)(=O)c2nc(C)sc2C)c1. The summed E-state index contributed by atoms with van der Waals surface area (Å²) in [6, 6.07) is 4.65. The highest BCUT2D eigenvalue weighted by Crippen LogP contribution is 2.22. The van der Waals surface area contributed by atoms with Crippen LogP contribution in [0.25, 0.3) is 0 Å². The van der Waals surface area contributed by atoms with E-state index in [2.05, 4.69) is 4.98 Å². The number of sulfonamides is 2. The monoisotopic (exact) mass is 360 g/mol. The van der Waals surface area contributed by atoms with Crippen LogP contribution < -0.4 is 4.13 Å². The lowest BCUT2D eigenvalue weighted by Gasteiger charge is -2.08. The highest BCUT2D eigenvalue weighted by atomic mass is 32.3. The molecule has 0 fully saturated rings. The van der Waals surface area contributed by atoms with Crippen molar-refractivity contribution in [1.82, 2.24) is 9.11 Å². The molecule has 0 radical (unpaired) electrons. The summed E-state index contributed by atoms with van der Waals surface area (Å²) in [6.45, 7) is 6.74. The van der Waals surface area contributed by atoms with Gasteiger partial charge in [-0.3, -0.25) is 0 Å². The molecule has 6 nitrogen and oxygen atoms in total. The molecule has 2 rings (SSSR count). The van der Waals surface area contributed by atoms with E-state index in [-0.39, 0.29) is 9.92 Å². The van der Waals surface area contributed by atoms with Crippen molar-refractivity contribution in [1.29, 1.82) is 0 Å². The highest BCUT2D eigenvalue weighted by molar-refractivity contribution is 8.04. The van der Waals surface area contributed by atoms with Crippen molar-refractivity contribution in [3.8, 4) is 0 Å². The Labute approximate surface area is 134 Å². The fourth-order valence-electron chi connectivity index (χ4n) is 2.08. The summed E-state index contributed by atoms with van der Waals surface area (Å²) in [5.41, 5.74) is 1.47. The molecule has 1 aromatic heterocycles. The van der Waals surface area contributed by atoms with Crippen molar-refractivity contribution in [2.24, 2.45) is 0 Å². The molecular weight excluding hydrogens is 344 g/mol. The summed E-state index contributed by atoms with van der Waals surface area (Å²) in [7, 11) is -8.43. The minimum atomic E-state index is -4.24. The average Bonchev–Trinajstić information content (AvgIpc) is 2.66. The number of aromatic nitrogens is 1. The molecule has 0 spiro atoms. The third-order valence-electron chi connectivity index (χ3n) is 2.84. The van der Waals surface area contributed by atoms with Gasteiger partial charge in [0.2, 0.25) is 0 Å². The van der Waals surface area contributed by atoms with Gasteiger partial charge in [-0.15, -0.1) is 11.3 Å². The van der Waals surface area contributed by atoms with Gasteiger partial charge >= 0.3 is 0 Å². The number of thiazole rings is 1. The van der Waals surface area contributed by atoms with E-state index in [1.807, 2.05) is 6.07 Å². The molecule has 0 aliphatic heterocycles. The van der Waals surface area contributed by atoms with Crippen molar-refractivity contribution in [2.45, 2.75) is 37.6 Å². The summed E-state index contributed by atoms with van der Waals surface area (Å²) >= 11 is 1.20. The molecule has 22 heavy (non-hydrogen) atoms. The van der Waals surface area contributed by atoms with Gasteiger partial charge in [0.15, 0.2) is 5.03 Å². The lowest BCUT2D eigenvalue weighted by Crippen LogP contribution is -2.31. The fraction of sp³-hybridized carbons (Fsp3) is 0.308. The van der Waals surface area contributed by atoms with E-state index in [1.54, 1.807) is 31.8 Å². The zero-order chi connectivity index (χ0) is 16.7. The van der Waals surface area contributed by atoms with E-state index < -0.39 is 20.0 Å². The van der Waals surface area contributed by atoms with Gasteiger partial charge in [0, 0.05) is 4.88 Å². The Morgan fingerprint density at radius 2 is 1.45 bits per heavy atom. The average molecular weight is 360 g/mol. The number of nitrogens with one attached hydrogen (secondary N) is 1. The maximum atomic E-state index is 12.3. The van der Waals surface area contributed by atoms with Crippen LogP contribution in [0, 0.1) is 27.7 Å². The largest absolute Gasteiger partial charge is 0.272 e. The summed E-state index contributed by atoms with van der Waals surface area (Å²) in [5.74, 6) is 0. The maximum absolute atomic E-state index is 12.3. The van der Waals surface area contributed by atoms with Crippen LogP contribution in [0.3, 0.4) is 0 Å². The summed E-state index contributed by atoms with van der Waals surface area (Å²) in [5, 5.41) is 0.310. The van der Waals surface area contributed by atoms with Gasteiger partial charge in [0.05, 0.1) is 9.90 Å². The smallest absolute Gasteiger partial charge is 0.228 e. The first-order valence-corrected chi connectivity index (χ1v) is 10.1. The van der Waals surface area contributed by atoms with Crippen LogP contribution in [0.1, 0.15) is 21.0 Å². The van der Waals surface area contributed by atoms with Crippen molar-refractivity contribution in [3.05, 3.63) is 39.2 Å². The third kappa shape index (κ3) is 3.54. The Morgan fingerprint density at radius 3 is 1.91 bits per heavy atom. The molecule has 0 amide bonds. The predicted octanol–water partition coefficient (Wildman–Crippen LogP) is 2.04. The number of rotatable bonds is 4. The molecule has 0 bridgehead atoms. The van der Waals surface area contributed by atoms with Crippen LogP contribution in [-0.4, -0.2) is 21.8 Å². The van der Waals surface area contributed by atoms with Gasteiger partial charge in [0.1, 0.15) is 0 Å². The lowest BCUT2D eigenvalue weighted by atomic mass is 10.2. The Balaban J connectivity index is 2.46. The van der Waals surface area contributed by atoms with E-state index in [0.29, 0.717) is 9.88 Å². The maximum Gasteiger partial charge on any atom is 0.272 e. The second kappa shape index (κ2) is 5.73. The quantitative estimate of drug-likeness (QED) is 0.900. The highest BCUT2D eigenvalue weighted by Gasteiger charge is 2.28. The van der Waals surface area contributed by atoms with Gasteiger partial charge in [-0.2, -0.15) is 0 Å². The number of aryl methyl sites for hydroxylation is 4. The van der Waals surface area contributed by atoms with E-state index >= 15 is 0 Å². The van der Waals surface area contributed by atoms with Crippen molar-refractivity contribution >= 4 is 31.4 Å². The van der Waals surface area contributed by atoms with E-state index in [4.69, 9.17) is 0 Å². The molecule has 0 aliphatic carbocycles. The second-order valence-corrected chi connectivity index (χ2v) is 9.95. The molecule has 2 aromatic rings. The van der Waals surface area contributed by atoms with Crippen molar-refractivity contribution in [3.63, 3.8) is 0 Å².